The van der Waals surface area contributed by atoms with Crippen LogP contribution in [0, 0.1) is 29.1 Å². The first-order valence-electron chi connectivity index (χ1n) is 4.67. The number of ether oxygens (including phenoxy) is 2. The molecule has 1 aromatic rings. The van der Waals surface area contributed by atoms with Crippen LogP contribution < -0.4 is 4.74 Å². The Labute approximate surface area is 99.1 Å². The number of hydrogen-bond donors (Lipinski definition) is 0. The van der Waals surface area contributed by atoms with E-state index in [-0.39, 0.29) is 0 Å². The van der Waals surface area contributed by atoms with Crippen LogP contribution in [0.3, 0.4) is 0 Å². The summed E-state index contributed by atoms with van der Waals surface area (Å²) in [4.78, 5) is 10.5. The molecule has 0 amide bonds. The van der Waals surface area contributed by atoms with E-state index in [0.29, 0.717) is 0 Å². The van der Waals surface area contributed by atoms with Crippen LogP contribution in [0.2, 0.25) is 0 Å². The number of halogens is 5. The smallest absolute Gasteiger partial charge is 0.437 e. The molecule has 0 aromatic heterocycles. The van der Waals surface area contributed by atoms with Gasteiger partial charge < -0.3 is 9.47 Å². The van der Waals surface area contributed by atoms with Gasteiger partial charge in [0.25, 0.3) is 0 Å². The van der Waals surface area contributed by atoms with Crippen LogP contribution in [-0.2, 0) is 4.74 Å². The van der Waals surface area contributed by atoms with Crippen molar-refractivity contribution in [1.29, 1.82) is 0 Å². The SMILES string of the molecule is CC.COC(=O)Oc1c(F)c(F)c(F)c(F)c1F. The van der Waals surface area contributed by atoms with Crippen LogP contribution >= 0.6 is 0 Å². The van der Waals surface area contributed by atoms with Gasteiger partial charge >= 0.3 is 6.16 Å². The highest BCUT2D eigenvalue weighted by Gasteiger charge is 2.28. The molecule has 8 heteroatoms. The molecule has 18 heavy (non-hydrogen) atoms. The van der Waals surface area contributed by atoms with E-state index in [9.17, 15) is 26.7 Å². The predicted molar refractivity (Wildman–Crippen MR) is 50.6 cm³/mol. The summed E-state index contributed by atoms with van der Waals surface area (Å²) in [6.07, 6.45) is -1.61. The van der Waals surface area contributed by atoms with Gasteiger partial charge in [-0.3, -0.25) is 0 Å². The highest BCUT2D eigenvalue weighted by molar-refractivity contribution is 5.63. The minimum absolute atomic E-state index is 0.800. The predicted octanol–water partition coefficient (Wildman–Crippen LogP) is 3.55. The van der Waals surface area contributed by atoms with Gasteiger partial charge in [-0.1, -0.05) is 13.8 Å². The van der Waals surface area contributed by atoms with Gasteiger partial charge in [-0.2, -0.15) is 8.78 Å². The van der Waals surface area contributed by atoms with E-state index in [1.165, 1.54) is 0 Å². The first kappa shape index (κ1) is 16.1. The summed E-state index contributed by atoms with van der Waals surface area (Å²) >= 11 is 0. The molecule has 0 heterocycles. The molecule has 0 unspecified atom stereocenters. The van der Waals surface area contributed by atoms with Crippen LogP contribution in [-0.4, -0.2) is 13.3 Å². The molecule has 0 bridgehead atoms. The van der Waals surface area contributed by atoms with Gasteiger partial charge in [0.1, 0.15) is 0 Å². The molecule has 0 radical (unpaired) electrons. The number of methoxy groups -OCH3 is 1. The lowest BCUT2D eigenvalue weighted by Crippen LogP contribution is -2.13. The molecule has 1 rings (SSSR count). The Balaban J connectivity index is 0.00000137. The third-order valence-corrected chi connectivity index (χ3v) is 1.52. The molecule has 0 aliphatic carbocycles. The molecule has 0 aliphatic heterocycles. The first-order chi connectivity index (χ1) is 8.40. The normalized spacial score (nSPS) is 9.33. The molecule has 0 aliphatic rings. The van der Waals surface area contributed by atoms with E-state index < -0.39 is 41.0 Å². The summed E-state index contributed by atoms with van der Waals surface area (Å²) in [5, 5.41) is 0. The minimum Gasteiger partial charge on any atom is -0.437 e. The lowest BCUT2D eigenvalue weighted by Gasteiger charge is -2.07. The highest BCUT2D eigenvalue weighted by atomic mass is 19.2. The second-order valence-corrected chi connectivity index (χ2v) is 2.46. The Hall–Kier alpha value is -1.86. The van der Waals surface area contributed by atoms with Gasteiger partial charge in [0.2, 0.25) is 34.8 Å². The summed E-state index contributed by atoms with van der Waals surface area (Å²) in [7, 11) is 0.800. The Morgan fingerprint density at radius 2 is 1.17 bits per heavy atom. The standard InChI is InChI=1S/C8H3F5O3.C2H6/c1-15-8(14)16-7-5(12)3(10)2(9)4(11)6(7)13;1-2/h1H3;1-2H3. The lowest BCUT2D eigenvalue weighted by molar-refractivity contribution is 0.116. The van der Waals surface area contributed by atoms with Crippen molar-refractivity contribution in [3.63, 3.8) is 0 Å². The zero-order chi connectivity index (χ0) is 14.5. The number of hydrogen-bond acceptors (Lipinski definition) is 3. The maximum atomic E-state index is 12.8. The van der Waals surface area contributed by atoms with Gasteiger partial charge in [-0.25, -0.2) is 18.0 Å². The van der Waals surface area contributed by atoms with Crippen molar-refractivity contribution in [2.24, 2.45) is 0 Å². The largest absolute Gasteiger partial charge is 0.513 e. The monoisotopic (exact) mass is 272 g/mol. The third kappa shape index (κ3) is 3.08. The molecule has 0 atom stereocenters. The van der Waals surface area contributed by atoms with E-state index in [1.807, 2.05) is 13.8 Å². The van der Waals surface area contributed by atoms with Crippen LogP contribution in [0.25, 0.3) is 0 Å². The molecule has 0 saturated heterocycles. The number of rotatable bonds is 1. The quantitative estimate of drug-likeness (QED) is 0.258. The second kappa shape index (κ2) is 6.77. The van der Waals surface area contributed by atoms with Gasteiger partial charge in [-0.05, 0) is 0 Å². The van der Waals surface area contributed by atoms with E-state index in [0.717, 1.165) is 7.11 Å². The van der Waals surface area contributed by atoms with E-state index >= 15 is 0 Å². The average molecular weight is 272 g/mol. The number of carbonyl (C=O) groups excluding carboxylic acids is 1. The van der Waals surface area contributed by atoms with Crippen LogP contribution in [0.1, 0.15) is 13.8 Å². The summed E-state index contributed by atoms with van der Waals surface area (Å²) in [6, 6.07) is 0. The minimum atomic E-state index is -2.34. The summed E-state index contributed by atoms with van der Waals surface area (Å²) < 4.78 is 71.0. The average Bonchev–Trinajstić information content (AvgIpc) is 2.41. The van der Waals surface area contributed by atoms with Crippen molar-refractivity contribution < 1.29 is 36.2 Å². The molecule has 0 saturated carbocycles. The maximum Gasteiger partial charge on any atom is 0.513 e. The number of carbonyl (C=O) groups is 1. The fraction of sp³-hybridized carbons (Fsp3) is 0.300. The summed E-state index contributed by atoms with van der Waals surface area (Å²) in [6.45, 7) is 4.00. The molecule has 0 N–H and O–H groups in total. The first-order valence-corrected chi connectivity index (χ1v) is 4.67. The zero-order valence-electron chi connectivity index (χ0n) is 9.61. The van der Waals surface area contributed by atoms with E-state index in [4.69, 9.17) is 0 Å². The molecule has 102 valence electrons. The van der Waals surface area contributed by atoms with Gasteiger partial charge in [0.15, 0.2) is 0 Å². The van der Waals surface area contributed by atoms with Crippen LogP contribution in [0.4, 0.5) is 26.7 Å². The summed E-state index contributed by atoms with van der Waals surface area (Å²) in [5.41, 5.74) is 0. The van der Waals surface area contributed by atoms with Gasteiger partial charge in [0, 0.05) is 0 Å². The fourth-order valence-corrected chi connectivity index (χ4v) is 0.799. The van der Waals surface area contributed by atoms with Crippen molar-refractivity contribution in [3.8, 4) is 5.75 Å². The van der Waals surface area contributed by atoms with Crippen LogP contribution in [0.5, 0.6) is 5.75 Å². The third-order valence-electron chi connectivity index (χ3n) is 1.52. The summed E-state index contributed by atoms with van der Waals surface area (Å²) in [5.74, 6) is -13.0. The Morgan fingerprint density at radius 1 is 0.833 bits per heavy atom. The second-order valence-electron chi connectivity index (χ2n) is 2.46. The Bertz CT molecular complexity index is 419. The molecular weight excluding hydrogens is 263 g/mol. The molecule has 1 aromatic carbocycles. The van der Waals surface area contributed by atoms with E-state index in [2.05, 4.69) is 9.47 Å². The zero-order valence-corrected chi connectivity index (χ0v) is 9.61. The Kier molecular flexibility index (Phi) is 6.07. The van der Waals surface area contributed by atoms with Crippen molar-refractivity contribution in [1.82, 2.24) is 0 Å². The number of benzene rings is 1. The van der Waals surface area contributed by atoms with Crippen molar-refractivity contribution in [2.75, 3.05) is 7.11 Å². The molecule has 3 nitrogen and oxygen atoms in total. The lowest BCUT2D eigenvalue weighted by atomic mass is 10.3. The van der Waals surface area contributed by atoms with Crippen LogP contribution in [0.15, 0.2) is 0 Å². The topological polar surface area (TPSA) is 35.5 Å². The van der Waals surface area contributed by atoms with Crippen molar-refractivity contribution in [2.45, 2.75) is 13.8 Å². The molecule has 0 fully saturated rings. The van der Waals surface area contributed by atoms with Gasteiger partial charge in [0.05, 0.1) is 7.11 Å². The maximum absolute atomic E-state index is 12.8. The van der Waals surface area contributed by atoms with Crippen molar-refractivity contribution >= 4 is 6.16 Å². The molecule has 0 spiro atoms. The molecular formula is C10H9F5O3. The van der Waals surface area contributed by atoms with Crippen molar-refractivity contribution in [3.05, 3.63) is 29.1 Å². The van der Waals surface area contributed by atoms with E-state index in [1.54, 1.807) is 0 Å². The fourth-order valence-electron chi connectivity index (χ4n) is 0.799. The van der Waals surface area contributed by atoms with Gasteiger partial charge in [-0.15, -0.1) is 0 Å². The Morgan fingerprint density at radius 3 is 1.50 bits per heavy atom. The highest BCUT2D eigenvalue weighted by Crippen LogP contribution is 2.29.